The molecule has 0 radical (unpaired) electrons. The maximum Gasteiger partial charge on any atom is 0.224 e. The standard InChI is InChI=1S/C15H26N4O/c1-3-7-19-10-6-16-14(19)11-17-15(20)13(2)12-18-8-4-5-9-18/h6,10,13H,3-5,7-9,11-12H2,1-2H3,(H,17,20)/t13-/m1/s1. The molecule has 5 heteroatoms. The molecule has 0 aromatic carbocycles. The minimum absolute atomic E-state index is 0.0442. The summed E-state index contributed by atoms with van der Waals surface area (Å²) in [4.78, 5) is 18.8. The van der Waals surface area contributed by atoms with Crippen molar-refractivity contribution in [2.45, 2.75) is 46.2 Å². The number of imidazole rings is 1. The van der Waals surface area contributed by atoms with Gasteiger partial charge in [-0.05, 0) is 32.4 Å². The van der Waals surface area contributed by atoms with Gasteiger partial charge in [0.2, 0.25) is 5.91 Å². The molecule has 1 N–H and O–H groups in total. The predicted octanol–water partition coefficient (Wildman–Crippen LogP) is 1.64. The van der Waals surface area contributed by atoms with Gasteiger partial charge in [-0.25, -0.2) is 4.98 Å². The number of aryl methyl sites for hydroxylation is 1. The van der Waals surface area contributed by atoms with Gasteiger partial charge in [0, 0.05) is 31.4 Å². The summed E-state index contributed by atoms with van der Waals surface area (Å²) < 4.78 is 2.10. The second kappa shape index (κ2) is 7.43. The highest BCUT2D eigenvalue weighted by atomic mass is 16.1. The van der Waals surface area contributed by atoms with Gasteiger partial charge in [-0.2, -0.15) is 0 Å². The first-order valence-corrected chi connectivity index (χ1v) is 7.70. The van der Waals surface area contributed by atoms with Crippen molar-refractivity contribution < 1.29 is 4.79 Å². The quantitative estimate of drug-likeness (QED) is 0.825. The fourth-order valence-corrected chi connectivity index (χ4v) is 2.73. The second-order valence-electron chi connectivity index (χ2n) is 5.66. The van der Waals surface area contributed by atoms with E-state index in [1.807, 2.05) is 13.1 Å². The molecule has 2 rings (SSSR count). The van der Waals surface area contributed by atoms with E-state index in [1.165, 1.54) is 12.8 Å². The third-order valence-corrected chi connectivity index (χ3v) is 3.87. The molecule has 0 bridgehead atoms. The Morgan fingerprint density at radius 1 is 1.45 bits per heavy atom. The summed E-state index contributed by atoms with van der Waals surface area (Å²) in [7, 11) is 0. The third kappa shape index (κ3) is 4.07. The van der Waals surface area contributed by atoms with Crippen molar-refractivity contribution in [3.05, 3.63) is 18.2 Å². The number of amides is 1. The van der Waals surface area contributed by atoms with Crippen LogP contribution in [-0.2, 0) is 17.9 Å². The molecule has 1 aromatic rings. The summed E-state index contributed by atoms with van der Waals surface area (Å²) in [6.07, 6.45) is 7.37. The van der Waals surface area contributed by atoms with Crippen LogP contribution in [-0.4, -0.2) is 40.0 Å². The first-order chi connectivity index (χ1) is 9.70. The van der Waals surface area contributed by atoms with Crippen molar-refractivity contribution in [2.24, 2.45) is 5.92 Å². The number of nitrogens with zero attached hydrogens (tertiary/aromatic N) is 3. The number of likely N-dealkylation sites (tertiary alicyclic amines) is 1. The number of carbonyl (C=O) groups excluding carboxylic acids is 1. The topological polar surface area (TPSA) is 50.2 Å². The Hall–Kier alpha value is -1.36. The van der Waals surface area contributed by atoms with Crippen LogP contribution in [0.3, 0.4) is 0 Å². The Bertz CT molecular complexity index is 423. The lowest BCUT2D eigenvalue weighted by Gasteiger charge is -2.19. The van der Waals surface area contributed by atoms with Crippen molar-refractivity contribution in [3.63, 3.8) is 0 Å². The van der Waals surface area contributed by atoms with Crippen LogP contribution in [0.4, 0.5) is 0 Å². The van der Waals surface area contributed by atoms with Crippen molar-refractivity contribution in [2.75, 3.05) is 19.6 Å². The maximum atomic E-state index is 12.1. The molecule has 20 heavy (non-hydrogen) atoms. The molecule has 0 saturated carbocycles. The molecule has 5 nitrogen and oxygen atoms in total. The van der Waals surface area contributed by atoms with Crippen LogP contribution in [0.1, 0.15) is 38.9 Å². The molecule has 2 heterocycles. The van der Waals surface area contributed by atoms with E-state index in [-0.39, 0.29) is 11.8 Å². The van der Waals surface area contributed by atoms with E-state index in [4.69, 9.17) is 0 Å². The van der Waals surface area contributed by atoms with E-state index in [2.05, 4.69) is 26.7 Å². The number of aromatic nitrogens is 2. The Kier molecular flexibility index (Phi) is 5.59. The molecule has 0 spiro atoms. The first-order valence-electron chi connectivity index (χ1n) is 7.70. The normalized spacial score (nSPS) is 17.3. The van der Waals surface area contributed by atoms with Crippen LogP contribution in [0, 0.1) is 5.92 Å². The van der Waals surface area contributed by atoms with Crippen molar-refractivity contribution >= 4 is 5.91 Å². The van der Waals surface area contributed by atoms with Gasteiger partial charge in [0.15, 0.2) is 0 Å². The van der Waals surface area contributed by atoms with Crippen molar-refractivity contribution in [1.82, 2.24) is 19.8 Å². The van der Waals surface area contributed by atoms with Gasteiger partial charge in [-0.3, -0.25) is 4.79 Å². The Labute approximate surface area is 121 Å². The van der Waals surface area contributed by atoms with Gasteiger partial charge in [0.05, 0.1) is 6.54 Å². The minimum atomic E-state index is 0.0442. The molecule has 1 amide bonds. The SMILES string of the molecule is CCCn1ccnc1CNC(=O)[C@H](C)CN1CCCC1. The van der Waals surface area contributed by atoms with Crippen LogP contribution in [0.25, 0.3) is 0 Å². The molecule has 1 aliphatic rings. The number of carbonyl (C=O) groups is 1. The summed E-state index contributed by atoms with van der Waals surface area (Å²) >= 11 is 0. The number of hydrogen-bond acceptors (Lipinski definition) is 3. The number of hydrogen-bond donors (Lipinski definition) is 1. The van der Waals surface area contributed by atoms with E-state index < -0.39 is 0 Å². The zero-order valence-corrected chi connectivity index (χ0v) is 12.6. The summed E-state index contributed by atoms with van der Waals surface area (Å²) in [5, 5.41) is 3.01. The average Bonchev–Trinajstić information content (AvgIpc) is 3.08. The predicted molar refractivity (Wildman–Crippen MR) is 79.2 cm³/mol. The van der Waals surface area contributed by atoms with Crippen LogP contribution in [0.5, 0.6) is 0 Å². The monoisotopic (exact) mass is 278 g/mol. The minimum Gasteiger partial charge on any atom is -0.349 e. The summed E-state index contributed by atoms with van der Waals surface area (Å²) in [6, 6.07) is 0. The van der Waals surface area contributed by atoms with E-state index in [0.29, 0.717) is 6.54 Å². The van der Waals surface area contributed by atoms with E-state index in [9.17, 15) is 4.79 Å². The van der Waals surface area contributed by atoms with E-state index in [1.54, 1.807) is 6.20 Å². The largest absolute Gasteiger partial charge is 0.349 e. The molecule has 1 atom stereocenters. The maximum absolute atomic E-state index is 12.1. The average molecular weight is 278 g/mol. The Morgan fingerprint density at radius 3 is 2.90 bits per heavy atom. The highest BCUT2D eigenvalue weighted by molar-refractivity contribution is 5.78. The lowest BCUT2D eigenvalue weighted by atomic mass is 10.1. The number of rotatable bonds is 7. The van der Waals surface area contributed by atoms with Gasteiger partial charge >= 0.3 is 0 Å². The zero-order valence-electron chi connectivity index (χ0n) is 12.6. The molecule has 1 saturated heterocycles. The molecule has 1 aliphatic heterocycles. The molecule has 1 aromatic heterocycles. The van der Waals surface area contributed by atoms with Crippen LogP contribution < -0.4 is 5.32 Å². The highest BCUT2D eigenvalue weighted by Gasteiger charge is 2.19. The molecule has 0 aliphatic carbocycles. The zero-order chi connectivity index (χ0) is 14.4. The Morgan fingerprint density at radius 2 is 2.20 bits per heavy atom. The smallest absolute Gasteiger partial charge is 0.224 e. The number of nitrogens with one attached hydrogen (secondary N) is 1. The summed E-state index contributed by atoms with van der Waals surface area (Å²) in [6.45, 7) is 8.77. The van der Waals surface area contributed by atoms with Crippen LogP contribution in [0.2, 0.25) is 0 Å². The molecular weight excluding hydrogens is 252 g/mol. The second-order valence-corrected chi connectivity index (χ2v) is 5.66. The third-order valence-electron chi connectivity index (χ3n) is 3.87. The van der Waals surface area contributed by atoms with E-state index in [0.717, 1.165) is 38.4 Å². The Balaban J connectivity index is 1.77. The lowest BCUT2D eigenvalue weighted by Crippen LogP contribution is -2.36. The fourth-order valence-electron chi connectivity index (χ4n) is 2.73. The van der Waals surface area contributed by atoms with Gasteiger partial charge < -0.3 is 14.8 Å². The van der Waals surface area contributed by atoms with Gasteiger partial charge in [-0.15, -0.1) is 0 Å². The lowest BCUT2D eigenvalue weighted by molar-refractivity contribution is -0.125. The van der Waals surface area contributed by atoms with Crippen molar-refractivity contribution in [3.8, 4) is 0 Å². The molecule has 112 valence electrons. The summed E-state index contributed by atoms with van der Waals surface area (Å²) in [5.74, 6) is 1.11. The molecule has 0 unspecified atom stereocenters. The van der Waals surface area contributed by atoms with Gasteiger partial charge in [0.25, 0.3) is 0 Å². The fraction of sp³-hybridized carbons (Fsp3) is 0.733. The molecule has 1 fully saturated rings. The first kappa shape index (κ1) is 15.0. The van der Waals surface area contributed by atoms with Crippen molar-refractivity contribution in [1.29, 1.82) is 0 Å². The molecular formula is C15H26N4O. The van der Waals surface area contributed by atoms with Gasteiger partial charge in [0.1, 0.15) is 5.82 Å². The summed E-state index contributed by atoms with van der Waals surface area (Å²) in [5.41, 5.74) is 0. The van der Waals surface area contributed by atoms with Crippen LogP contribution >= 0.6 is 0 Å². The van der Waals surface area contributed by atoms with Gasteiger partial charge in [-0.1, -0.05) is 13.8 Å². The van der Waals surface area contributed by atoms with Crippen LogP contribution in [0.15, 0.2) is 12.4 Å². The van der Waals surface area contributed by atoms with E-state index >= 15 is 0 Å². The highest BCUT2D eigenvalue weighted by Crippen LogP contribution is 2.10.